The van der Waals surface area contributed by atoms with Gasteiger partial charge in [0, 0.05) is 0 Å². The highest BCUT2D eigenvalue weighted by Gasteiger charge is 2.11. The van der Waals surface area contributed by atoms with Crippen molar-refractivity contribution in [3.63, 3.8) is 0 Å². The van der Waals surface area contributed by atoms with Gasteiger partial charge in [0.15, 0.2) is 0 Å². The molecule has 0 aromatic carbocycles. The van der Waals surface area contributed by atoms with Crippen LogP contribution >= 0.6 is 0 Å². The molecule has 1 N–H and O–H groups in total. The van der Waals surface area contributed by atoms with Crippen LogP contribution in [0.5, 0.6) is 0 Å². The lowest BCUT2D eigenvalue weighted by atomic mass is 10.1. The van der Waals surface area contributed by atoms with E-state index in [1.807, 2.05) is 6.92 Å². The van der Waals surface area contributed by atoms with Crippen LogP contribution in [0.3, 0.4) is 0 Å². The van der Waals surface area contributed by atoms with Crippen LogP contribution in [0.15, 0.2) is 0 Å². The first-order valence-corrected chi connectivity index (χ1v) is 2.59. The molecule has 0 radical (unpaired) electrons. The SMILES string of the molecule is CC#CC1CCN1. The molecule has 0 aromatic heterocycles. The van der Waals surface area contributed by atoms with Gasteiger partial charge in [0.1, 0.15) is 0 Å². The van der Waals surface area contributed by atoms with Crippen LogP contribution in [0.25, 0.3) is 0 Å². The van der Waals surface area contributed by atoms with Gasteiger partial charge < -0.3 is 5.32 Å². The standard InChI is InChI=1S/C6H9N/c1-2-3-6-4-5-7-6/h6-7H,4-5H2,1H3. The van der Waals surface area contributed by atoms with E-state index in [-0.39, 0.29) is 0 Å². The molecule has 0 spiro atoms. The van der Waals surface area contributed by atoms with E-state index >= 15 is 0 Å². The van der Waals surface area contributed by atoms with E-state index in [4.69, 9.17) is 0 Å². The number of nitrogens with one attached hydrogen (secondary N) is 1. The topological polar surface area (TPSA) is 12.0 Å². The van der Waals surface area contributed by atoms with Gasteiger partial charge in [-0.25, -0.2) is 0 Å². The van der Waals surface area contributed by atoms with E-state index in [1.165, 1.54) is 6.42 Å². The van der Waals surface area contributed by atoms with Crippen LogP contribution in [-0.4, -0.2) is 12.6 Å². The van der Waals surface area contributed by atoms with E-state index in [0.717, 1.165) is 6.54 Å². The van der Waals surface area contributed by atoms with Crippen LogP contribution in [0, 0.1) is 11.8 Å². The zero-order valence-corrected chi connectivity index (χ0v) is 4.49. The van der Waals surface area contributed by atoms with Gasteiger partial charge in [-0.15, -0.1) is 5.92 Å². The number of hydrogen-bond acceptors (Lipinski definition) is 1. The Morgan fingerprint density at radius 2 is 2.43 bits per heavy atom. The quantitative estimate of drug-likeness (QED) is 0.429. The molecule has 1 fully saturated rings. The Labute approximate surface area is 44.1 Å². The Balaban J connectivity index is 2.23. The largest absolute Gasteiger partial charge is 0.304 e. The van der Waals surface area contributed by atoms with Gasteiger partial charge in [-0.3, -0.25) is 0 Å². The summed E-state index contributed by atoms with van der Waals surface area (Å²) in [6, 6.07) is 0.519. The van der Waals surface area contributed by atoms with Gasteiger partial charge in [-0.05, 0) is 19.9 Å². The van der Waals surface area contributed by atoms with Gasteiger partial charge >= 0.3 is 0 Å². The van der Waals surface area contributed by atoms with Crippen LogP contribution in [0.2, 0.25) is 0 Å². The minimum Gasteiger partial charge on any atom is -0.304 e. The summed E-state index contributed by atoms with van der Waals surface area (Å²) in [5.41, 5.74) is 0. The monoisotopic (exact) mass is 95.1 g/mol. The fourth-order valence-corrected chi connectivity index (χ4v) is 0.586. The third kappa shape index (κ3) is 0.942. The van der Waals surface area contributed by atoms with Gasteiger partial charge in [-0.2, -0.15) is 0 Å². The average molecular weight is 95.1 g/mol. The molecule has 0 saturated carbocycles. The number of rotatable bonds is 0. The van der Waals surface area contributed by atoms with Crippen molar-refractivity contribution in [2.24, 2.45) is 0 Å². The molecule has 0 aliphatic carbocycles. The van der Waals surface area contributed by atoms with Crippen molar-refractivity contribution in [2.75, 3.05) is 6.54 Å². The summed E-state index contributed by atoms with van der Waals surface area (Å²) in [7, 11) is 0. The highest BCUT2D eigenvalue weighted by Crippen LogP contribution is 1.97. The first kappa shape index (κ1) is 4.67. The Morgan fingerprint density at radius 1 is 1.71 bits per heavy atom. The fraction of sp³-hybridized carbons (Fsp3) is 0.667. The van der Waals surface area contributed by atoms with E-state index in [2.05, 4.69) is 17.2 Å². The predicted octanol–water partition coefficient (Wildman–Crippen LogP) is 0.372. The molecular weight excluding hydrogens is 86.1 g/mol. The molecule has 1 nitrogen and oxygen atoms in total. The van der Waals surface area contributed by atoms with E-state index in [0.29, 0.717) is 6.04 Å². The van der Waals surface area contributed by atoms with Gasteiger partial charge in [0.25, 0.3) is 0 Å². The van der Waals surface area contributed by atoms with E-state index in [1.54, 1.807) is 0 Å². The minimum atomic E-state index is 0.519. The first-order valence-electron chi connectivity index (χ1n) is 2.59. The van der Waals surface area contributed by atoms with Gasteiger partial charge in [-0.1, -0.05) is 5.92 Å². The maximum Gasteiger partial charge on any atom is 0.0701 e. The van der Waals surface area contributed by atoms with Crippen molar-refractivity contribution in [3.8, 4) is 11.8 Å². The lowest BCUT2D eigenvalue weighted by molar-refractivity contribution is 0.449. The van der Waals surface area contributed by atoms with Crippen LogP contribution in [-0.2, 0) is 0 Å². The smallest absolute Gasteiger partial charge is 0.0701 e. The van der Waals surface area contributed by atoms with E-state index < -0.39 is 0 Å². The molecule has 1 heteroatoms. The van der Waals surface area contributed by atoms with Crippen molar-refractivity contribution in [3.05, 3.63) is 0 Å². The third-order valence-corrected chi connectivity index (χ3v) is 1.14. The Bertz CT molecular complexity index is 103. The normalized spacial score (nSPS) is 27.3. The summed E-state index contributed by atoms with van der Waals surface area (Å²) in [6.07, 6.45) is 1.24. The van der Waals surface area contributed by atoms with Crippen LogP contribution < -0.4 is 5.32 Å². The van der Waals surface area contributed by atoms with Crippen molar-refractivity contribution < 1.29 is 0 Å². The van der Waals surface area contributed by atoms with Crippen molar-refractivity contribution >= 4 is 0 Å². The van der Waals surface area contributed by atoms with Crippen LogP contribution in [0.4, 0.5) is 0 Å². The van der Waals surface area contributed by atoms with Crippen molar-refractivity contribution in [1.82, 2.24) is 5.32 Å². The molecule has 0 bridgehead atoms. The predicted molar refractivity (Wildman–Crippen MR) is 29.9 cm³/mol. The molecule has 0 aromatic rings. The summed E-state index contributed by atoms with van der Waals surface area (Å²) in [5, 5.41) is 3.17. The second kappa shape index (κ2) is 1.99. The molecule has 1 saturated heterocycles. The second-order valence-electron chi connectivity index (χ2n) is 1.69. The molecule has 38 valence electrons. The average Bonchev–Trinajstić information content (AvgIpc) is 1.55. The summed E-state index contributed by atoms with van der Waals surface area (Å²) in [4.78, 5) is 0. The highest BCUT2D eigenvalue weighted by molar-refractivity contribution is 5.08. The van der Waals surface area contributed by atoms with Gasteiger partial charge in [0.2, 0.25) is 0 Å². The molecule has 1 aliphatic rings. The Morgan fingerprint density at radius 3 is 2.57 bits per heavy atom. The van der Waals surface area contributed by atoms with Gasteiger partial charge in [0.05, 0.1) is 6.04 Å². The van der Waals surface area contributed by atoms with E-state index in [9.17, 15) is 0 Å². The lowest BCUT2D eigenvalue weighted by Gasteiger charge is -2.21. The van der Waals surface area contributed by atoms with Crippen molar-refractivity contribution in [1.29, 1.82) is 0 Å². The molecule has 1 aliphatic heterocycles. The fourth-order valence-electron chi connectivity index (χ4n) is 0.586. The Kier molecular flexibility index (Phi) is 1.33. The minimum absolute atomic E-state index is 0.519. The summed E-state index contributed by atoms with van der Waals surface area (Å²) >= 11 is 0. The molecule has 1 unspecified atom stereocenters. The Hall–Kier alpha value is -0.480. The molecule has 1 atom stereocenters. The van der Waals surface area contributed by atoms with Crippen molar-refractivity contribution in [2.45, 2.75) is 19.4 Å². The molecule has 1 heterocycles. The third-order valence-electron chi connectivity index (χ3n) is 1.14. The maximum absolute atomic E-state index is 3.17. The zero-order valence-electron chi connectivity index (χ0n) is 4.49. The summed E-state index contributed by atoms with van der Waals surface area (Å²) < 4.78 is 0. The maximum atomic E-state index is 3.17. The molecular formula is C6H9N. The zero-order chi connectivity index (χ0) is 5.11. The van der Waals surface area contributed by atoms with Crippen LogP contribution in [0.1, 0.15) is 13.3 Å². The second-order valence-corrected chi connectivity index (χ2v) is 1.69. The molecule has 0 amide bonds. The summed E-state index contributed by atoms with van der Waals surface area (Å²) in [6.45, 7) is 3.03. The molecule has 1 rings (SSSR count). The summed E-state index contributed by atoms with van der Waals surface area (Å²) in [5.74, 6) is 5.88. The highest BCUT2D eigenvalue weighted by atomic mass is 15.0. The number of hydrogen-bond donors (Lipinski definition) is 1. The molecule has 7 heavy (non-hydrogen) atoms. The lowest BCUT2D eigenvalue weighted by Crippen LogP contribution is -2.41. The first-order chi connectivity index (χ1) is 3.43.